The highest BCUT2D eigenvalue weighted by Crippen LogP contribution is 2.35. The van der Waals surface area contributed by atoms with Crippen LogP contribution in [0.25, 0.3) is 11.3 Å². The first-order valence-electron chi connectivity index (χ1n) is 7.66. The second-order valence-electron chi connectivity index (χ2n) is 5.36. The van der Waals surface area contributed by atoms with E-state index >= 15 is 0 Å². The SMILES string of the molecule is COc1ccc(OC)c(-c2csc(Nc3ccc(C(C)=O)cc3)n2)c1. The number of hydrogen-bond donors (Lipinski definition) is 1. The van der Waals surface area contributed by atoms with E-state index in [0.717, 1.165) is 33.6 Å². The molecule has 0 saturated heterocycles. The Bertz CT molecular complexity index is 888. The molecule has 6 heteroatoms. The van der Waals surface area contributed by atoms with E-state index in [1.54, 1.807) is 33.3 Å². The maximum atomic E-state index is 11.3. The number of nitrogens with one attached hydrogen (secondary N) is 1. The van der Waals surface area contributed by atoms with Crippen molar-refractivity contribution >= 4 is 27.9 Å². The molecule has 0 bridgehead atoms. The molecule has 0 unspecified atom stereocenters. The second-order valence-corrected chi connectivity index (χ2v) is 6.22. The summed E-state index contributed by atoms with van der Waals surface area (Å²) in [5, 5.41) is 5.97. The van der Waals surface area contributed by atoms with Crippen molar-refractivity contribution < 1.29 is 14.3 Å². The maximum absolute atomic E-state index is 11.3. The number of ketones is 1. The van der Waals surface area contributed by atoms with Crippen molar-refractivity contribution in [3.8, 4) is 22.8 Å². The molecule has 0 aliphatic rings. The van der Waals surface area contributed by atoms with E-state index in [1.807, 2.05) is 35.7 Å². The molecule has 0 radical (unpaired) electrons. The van der Waals surface area contributed by atoms with Crippen LogP contribution in [0.2, 0.25) is 0 Å². The van der Waals surface area contributed by atoms with Gasteiger partial charge in [-0.1, -0.05) is 0 Å². The van der Waals surface area contributed by atoms with Gasteiger partial charge in [0, 0.05) is 22.2 Å². The Hall–Kier alpha value is -2.86. The summed E-state index contributed by atoms with van der Waals surface area (Å²) in [5.41, 5.74) is 3.25. The zero-order chi connectivity index (χ0) is 17.8. The average Bonchev–Trinajstić information content (AvgIpc) is 3.10. The van der Waals surface area contributed by atoms with Gasteiger partial charge in [-0.05, 0) is 49.4 Å². The van der Waals surface area contributed by atoms with Crippen LogP contribution in [0.1, 0.15) is 17.3 Å². The van der Waals surface area contributed by atoms with Gasteiger partial charge in [-0.3, -0.25) is 4.79 Å². The van der Waals surface area contributed by atoms with E-state index in [4.69, 9.17) is 9.47 Å². The first-order chi connectivity index (χ1) is 12.1. The molecule has 5 nitrogen and oxygen atoms in total. The Morgan fingerprint density at radius 3 is 2.48 bits per heavy atom. The van der Waals surface area contributed by atoms with Crippen LogP contribution in [0.5, 0.6) is 11.5 Å². The third-order valence-electron chi connectivity index (χ3n) is 3.73. The lowest BCUT2D eigenvalue weighted by molar-refractivity contribution is 0.101. The van der Waals surface area contributed by atoms with Crippen LogP contribution in [-0.4, -0.2) is 25.0 Å². The summed E-state index contributed by atoms with van der Waals surface area (Å²) >= 11 is 1.50. The van der Waals surface area contributed by atoms with Crippen LogP contribution >= 0.6 is 11.3 Å². The third kappa shape index (κ3) is 3.80. The summed E-state index contributed by atoms with van der Waals surface area (Å²) in [6.45, 7) is 1.55. The second kappa shape index (κ2) is 7.36. The van der Waals surface area contributed by atoms with Gasteiger partial charge >= 0.3 is 0 Å². The topological polar surface area (TPSA) is 60.5 Å². The molecule has 1 N–H and O–H groups in total. The lowest BCUT2D eigenvalue weighted by Crippen LogP contribution is -1.94. The lowest BCUT2D eigenvalue weighted by Gasteiger charge is -2.08. The fourth-order valence-corrected chi connectivity index (χ4v) is 3.11. The van der Waals surface area contributed by atoms with Crippen molar-refractivity contribution in [1.82, 2.24) is 4.98 Å². The van der Waals surface area contributed by atoms with Crippen LogP contribution in [0.15, 0.2) is 47.8 Å². The minimum absolute atomic E-state index is 0.0493. The Labute approximate surface area is 150 Å². The molecule has 0 aliphatic carbocycles. The lowest BCUT2D eigenvalue weighted by atomic mass is 10.1. The molecule has 0 spiro atoms. The Balaban J connectivity index is 1.84. The van der Waals surface area contributed by atoms with Gasteiger partial charge in [0.05, 0.1) is 19.9 Å². The number of Topliss-reactive ketones (excluding diaryl/α,β-unsaturated/α-hetero) is 1. The average molecular weight is 354 g/mol. The van der Waals surface area contributed by atoms with Gasteiger partial charge in [-0.2, -0.15) is 0 Å². The van der Waals surface area contributed by atoms with Crippen LogP contribution in [0, 0.1) is 0 Å². The molecule has 0 fully saturated rings. The molecular weight excluding hydrogens is 336 g/mol. The van der Waals surface area contributed by atoms with Gasteiger partial charge in [0.2, 0.25) is 0 Å². The van der Waals surface area contributed by atoms with E-state index in [1.165, 1.54) is 11.3 Å². The summed E-state index contributed by atoms with van der Waals surface area (Å²) in [6.07, 6.45) is 0. The van der Waals surface area contributed by atoms with Crippen molar-refractivity contribution in [3.05, 3.63) is 53.4 Å². The number of aromatic nitrogens is 1. The number of rotatable bonds is 6. The van der Waals surface area contributed by atoms with Crippen molar-refractivity contribution in [1.29, 1.82) is 0 Å². The third-order valence-corrected chi connectivity index (χ3v) is 4.49. The van der Waals surface area contributed by atoms with E-state index in [0.29, 0.717) is 5.56 Å². The zero-order valence-electron chi connectivity index (χ0n) is 14.2. The van der Waals surface area contributed by atoms with Crippen molar-refractivity contribution in [2.75, 3.05) is 19.5 Å². The Morgan fingerprint density at radius 2 is 1.84 bits per heavy atom. The van der Waals surface area contributed by atoms with E-state index in [-0.39, 0.29) is 5.78 Å². The van der Waals surface area contributed by atoms with E-state index in [9.17, 15) is 4.79 Å². The quantitative estimate of drug-likeness (QED) is 0.646. The van der Waals surface area contributed by atoms with Gasteiger partial charge in [-0.15, -0.1) is 11.3 Å². The molecule has 0 saturated carbocycles. The van der Waals surface area contributed by atoms with Crippen molar-refractivity contribution in [2.24, 2.45) is 0 Å². The number of nitrogens with zero attached hydrogens (tertiary/aromatic N) is 1. The molecule has 3 aromatic rings. The minimum atomic E-state index is 0.0493. The number of benzene rings is 2. The van der Waals surface area contributed by atoms with Crippen molar-refractivity contribution in [2.45, 2.75) is 6.92 Å². The monoisotopic (exact) mass is 354 g/mol. The van der Waals surface area contributed by atoms with Gasteiger partial charge in [0.15, 0.2) is 10.9 Å². The summed E-state index contributed by atoms with van der Waals surface area (Å²) in [7, 11) is 3.26. The minimum Gasteiger partial charge on any atom is -0.497 e. The molecule has 1 heterocycles. The van der Waals surface area contributed by atoms with Gasteiger partial charge < -0.3 is 14.8 Å². The highest BCUT2D eigenvalue weighted by molar-refractivity contribution is 7.14. The molecule has 1 aromatic heterocycles. The first-order valence-corrected chi connectivity index (χ1v) is 8.54. The number of thiazole rings is 1. The maximum Gasteiger partial charge on any atom is 0.187 e. The highest BCUT2D eigenvalue weighted by Gasteiger charge is 2.12. The molecular formula is C19H18N2O3S. The predicted octanol–water partition coefficient (Wildman–Crippen LogP) is 4.77. The highest BCUT2D eigenvalue weighted by atomic mass is 32.1. The fraction of sp³-hybridized carbons (Fsp3) is 0.158. The van der Waals surface area contributed by atoms with Crippen LogP contribution < -0.4 is 14.8 Å². The molecule has 25 heavy (non-hydrogen) atoms. The number of hydrogen-bond acceptors (Lipinski definition) is 6. The molecule has 128 valence electrons. The van der Waals surface area contributed by atoms with Crippen LogP contribution in [0.3, 0.4) is 0 Å². The summed E-state index contributed by atoms with van der Waals surface area (Å²) < 4.78 is 10.7. The van der Waals surface area contributed by atoms with Gasteiger partial charge in [-0.25, -0.2) is 4.98 Å². The first kappa shape index (κ1) is 17.0. The predicted molar refractivity (Wildman–Crippen MR) is 100 cm³/mol. The van der Waals surface area contributed by atoms with Crippen molar-refractivity contribution in [3.63, 3.8) is 0 Å². The van der Waals surface area contributed by atoms with E-state index < -0.39 is 0 Å². The Morgan fingerprint density at radius 1 is 1.08 bits per heavy atom. The molecule has 3 rings (SSSR count). The number of carbonyl (C=O) groups is 1. The summed E-state index contributed by atoms with van der Waals surface area (Å²) in [4.78, 5) is 16.0. The summed E-state index contributed by atoms with van der Waals surface area (Å²) in [6, 6.07) is 12.9. The molecule has 0 amide bonds. The number of carbonyl (C=O) groups excluding carboxylic acids is 1. The summed E-state index contributed by atoms with van der Waals surface area (Å²) in [5.74, 6) is 1.54. The normalized spacial score (nSPS) is 10.4. The van der Waals surface area contributed by atoms with Crippen LogP contribution in [0.4, 0.5) is 10.8 Å². The zero-order valence-corrected chi connectivity index (χ0v) is 15.0. The van der Waals surface area contributed by atoms with Gasteiger partial charge in [0.1, 0.15) is 11.5 Å². The molecule has 0 atom stereocenters. The standard InChI is InChI=1S/C19H18N2O3S/c1-12(22)13-4-6-14(7-5-13)20-19-21-17(11-25-19)16-10-15(23-2)8-9-18(16)24-3/h4-11H,1-3H3,(H,20,21). The largest absolute Gasteiger partial charge is 0.497 e. The van der Waals surface area contributed by atoms with E-state index in [2.05, 4.69) is 10.3 Å². The molecule has 0 aliphatic heterocycles. The molecule has 2 aromatic carbocycles. The number of methoxy groups -OCH3 is 2. The fourth-order valence-electron chi connectivity index (χ4n) is 2.38. The smallest absolute Gasteiger partial charge is 0.187 e. The number of anilines is 2. The number of ether oxygens (including phenoxy) is 2. The van der Waals surface area contributed by atoms with Gasteiger partial charge in [0.25, 0.3) is 0 Å². The van der Waals surface area contributed by atoms with Crippen LogP contribution in [-0.2, 0) is 0 Å². The Kier molecular flexibility index (Phi) is 5.00.